The van der Waals surface area contributed by atoms with E-state index in [-0.39, 0.29) is 28.3 Å². The number of methoxy groups -OCH3 is 1. The highest BCUT2D eigenvalue weighted by Crippen LogP contribution is 2.39. The molecule has 0 saturated carbocycles. The Kier molecular flexibility index (Phi) is 5.45. The molecule has 3 rings (SSSR count). The van der Waals surface area contributed by atoms with E-state index in [2.05, 4.69) is 5.32 Å². The number of non-ortho nitro benzene ring substituents is 1. The average molecular weight is 416 g/mol. The minimum atomic E-state index is -0.779. The van der Waals surface area contributed by atoms with Gasteiger partial charge in [-0.3, -0.25) is 30.4 Å². The lowest BCUT2D eigenvalue weighted by atomic mass is 10.2. The van der Waals surface area contributed by atoms with Gasteiger partial charge >= 0.3 is 5.69 Å². The number of hydrogen-bond donors (Lipinski definition) is 2. The molecule has 1 fully saturated rings. The molecule has 0 unspecified atom stereocenters. The summed E-state index contributed by atoms with van der Waals surface area (Å²) in [6.07, 6.45) is 1.56. The summed E-state index contributed by atoms with van der Waals surface area (Å²) in [6, 6.07) is 7.67. The van der Waals surface area contributed by atoms with Crippen molar-refractivity contribution in [3.8, 4) is 17.2 Å². The van der Waals surface area contributed by atoms with Crippen LogP contribution >= 0.6 is 11.8 Å². The van der Waals surface area contributed by atoms with E-state index in [9.17, 15) is 25.0 Å². The Morgan fingerprint density at radius 2 is 1.79 bits per heavy atom. The number of nitrogens with zero attached hydrogens (tertiary/aromatic N) is 2. The van der Waals surface area contributed by atoms with Crippen molar-refractivity contribution in [2.24, 2.45) is 0 Å². The second-order valence-corrected chi connectivity index (χ2v) is 6.62. The second-order valence-electron chi connectivity index (χ2n) is 5.57. The first-order valence-electron chi connectivity index (χ1n) is 7.86. The van der Waals surface area contributed by atoms with Crippen LogP contribution in [0.25, 0.3) is 6.08 Å². The van der Waals surface area contributed by atoms with E-state index in [4.69, 9.17) is 14.9 Å². The Balaban J connectivity index is 1.93. The highest BCUT2D eigenvalue weighted by atomic mass is 32.2. The standard InChI is InChI=1S/C17H12N4O7S/c1-27-14-6-9(7-15-16(22)19-17(18)29-15)2-4-13(14)28-12-5-3-10(20(23)24)8-11(12)21(25)26/h2-8H,1H3,(H2,18,19,22)/b15-7-. The number of nitrogens with one attached hydrogen (secondary N) is 2. The van der Waals surface area contributed by atoms with Gasteiger partial charge in [-0.2, -0.15) is 0 Å². The van der Waals surface area contributed by atoms with E-state index in [1.165, 1.54) is 13.2 Å². The topological polar surface area (TPSA) is 158 Å². The van der Waals surface area contributed by atoms with Crippen molar-refractivity contribution in [3.05, 3.63) is 67.1 Å². The van der Waals surface area contributed by atoms with Crippen LogP contribution in [0.1, 0.15) is 5.56 Å². The zero-order chi connectivity index (χ0) is 21.1. The SMILES string of the molecule is COc1cc(/C=C2\SC(=N)NC2=O)ccc1Oc1ccc([N+](=O)[O-])cc1[N+](=O)[O-]. The smallest absolute Gasteiger partial charge is 0.318 e. The lowest BCUT2D eigenvalue weighted by Crippen LogP contribution is -2.18. The minimum absolute atomic E-state index is 0.0265. The lowest BCUT2D eigenvalue weighted by molar-refractivity contribution is -0.394. The van der Waals surface area contributed by atoms with E-state index < -0.39 is 21.2 Å². The van der Waals surface area contributed by atoms with Crippen LogP contribution in [0.15, 0.2) is 41.3 Å². The maximum Gasteiger partial charge on any atom is 0.318 e. The van der Waals surface area contributed by atoms with Crippen LogP contribution in [-0.4, -0.2) is 28.0 Å². The molecule has 0 aromatic heterocycles. The number of amides is 1. The Hall–Kier alpha value is -3.93. The predicted octanol–water partition coefficient (Wildman–Crippen LogP) is 3.44. The summed E-state index contributed by atoms with van der Waals surface area (Å²) < 4.78 is 10.8. The van der Waals surface area contributed by atoms with E-state index in [1.54, 1.807) is 18.2 Å². The monoisotopic (exact) mass is 416 g/mol. The zero-order valence-corrected chi connectivity index (χ0v) is 15.5. The third kappa shape index (κ3) is 4.32. The second kappa shape index (κ2) is 7.98. The molecular formula is C17H12N4O7S. The third-order valence-electron chi connectivity index (χ3n) is 3.72. The first-order valence-corrected chi connectivity index (χ1v) is 8.68. The molecule has 2 N–H and O–H groups in total. The molecule has 29 heavy (non-hydrogen) atoms. The van der Waals surface area contributed by atoms with Gasteiger partial charge in [-0.05, 0) is 41.6 Å². The number of benzene rings is 2. The van der Waals surface area contributed by atoms with Crippen molar-refractivity contribution in [1.82, 2.24) is 5.32 Å². The number of nitro benzene ring substituents is 2. The number of carbonyl (C=O) groups excluding carboxylic acids is 1. The van der Waals surface area contributed by atoms with Gasteiger partial charge in [0.2, 0.25) is 5.75 Å². The molecule has 0 atom stereocenters. The zero-order valence-electron chi connectivity index (χ0n) is 14.7. The van der Waals surface area contributed by atoms with Gasteiger partial charge in [0.25, 0.3) is 11.6 Å². The number of rotatable bonds is 6. The summed E-state index contributed by atoms with van der Waals surface area (Å²) in [5.74, 6) is -0.210. The molecule has 148 valence electrons. The van der Waals surface area contributed by atoms with Gasteiger partial charge < -0.3 is 14.8 Å². The number of hydrogen-bond acceptors (Lipinski definition) is 9. The molecule has 0 radical (unpaired) electrons. The van der Waals surface area contributed by atoms with Crippen molar-refractivity contribution < 1.29 is 24.1 Å². The summed E-state index contributed by atoms with van der Waals surface area (Å²) in [5.41, 5.74) is -0.416. The Labute approximate surface area is 167 Å². The highest BCUT2D eigenvalue weighted by Gasteiger charge is 2.24. The number of ether oxygens (including phenoxy) is 2. The fourth-order valence-electron chi connectivity index (χ4n) is 2.42. The van der Waals surface area contributed by atoms with E-state index >= 15 is 0 Å². The predicted molar refractivity (Wildman–Crippen MR) is 104 cm³/mol. The van der Waals surface area contributed by atoms with Crippen molar-refractivity contribution in [2.45, 2.75) is 0 Å². The van der Waals surface area contributed by atoms with Crippen LogP contribution in [0.3, 0.4) is 0 Å². The molecule has 1 heterocycles. The molecule has 2 aromatic rings. The fraction of sp³-hybridized carbons (Fsp3) is 0.0588. The van der Waals surface area contributed by atoms with Crippen molar-refractivity contribution in [1.29, 1.82) is 5.41 Å². The van der Waals surface area contributed by atoms with Gasteiger partial charge in [0.1, 0.15) is 0 Å². The van der Waals surface area contributed by atoms with E-state index in [1.807, 2.05) is 0 Å². The molecule has 1 aliphatic rings. The van der Waals surface area contributed by atoms with Gasteiger partial charge in [0.05, 0.1) is 27.9 Å². The molecule has 1 aliphatic heterocycles. The summed E-state index contributed by atoms with van der Waals surface area (Å²) >= 11 is 0.979. The molecule has 1 amide bonds. The molecule has 1 saturated heterocycles. The van der Waals surface area contributed by atoms with Gasteiger partial charge in [0, 0.05) is 6.07 Å². The number of nitro groups is 2. The van der Waals surface area contributed by atoms with Crippen LogP contribution in [0.2, 0.25) is 0 Å². The minimum Gasteiger partial charge on any atom is -0.493 e. The Morgan fingerprint density at radius 3 is 2.38 bits per heavy atom. The first kappa shape index (κ1) is 19.8. The van der Waals surface area contributed by atoms with Crippen LogP contribution < -0.4 is 14.8 Å². The quantitative estimate of drug-likeness (QED) is 0.412. The summed E-state index contributed by atoms with van der Waals surface area (Å²) in [7, 11) is 1.37. The molecular weight excluding hydrogens is 404 g/mol. The number of carbonyl (C=O) groups is 1. The Morgan fingerprint density at radius 1 is 1.07 bits per heavy atom. The molecule has 11 nitrogen and oxygen atoms in total. The summed E-state index contributed by atoms with van der Waals surface area (Å²) in [4.78, 5) is 32.6. The van der Waals surface area contributed by atoms with E-state index in [0.717, 1.165) is 30.0 Å². The number of thioether (sulfide) groups is 1. The molecule has 0 spiro atoms. The molecule has 0 aliphatic carbocycles. The maximum atomic E-state index is 11.7. The molecule has 0 bridgehead atoms. The maximum absolute atomic E-state index is 11.7. The van der Waals surface area contributed by atoms with Gasteiger partial charge in [-0.25, -0.2) is 0 Å². The Bertz CT molecular complexity index is 1080. The molecule has 2 aromatic carbocycles. The van der Waals surface area contributed by atoms with Gasteiger partial charge in [-0.15, -0.1) is 0 Å². The van der Waals surface area contributed by atoms with Gasteiger partial charge in [0.15, 0.2) is 16.7 Å². The normalized spacial score (nSPS) is 14.6. The highest BCUT2D eigenvalue weighted by molar-refractivity contribution is 8.18. The van der Waals surface area contributed by atoms with Crippen molar-refractivity contribution in [3.63, 3.8) is 0 Å². The first-order chi connectivity index (χ1) is 13.8. The van der Waals surface area contributed by atoms with Crippen LogP contribution in [0, 0.1) is 25.6 Å². The van der Waals surface area contributed by atoms with E-state index in [0.29, 0.717) is 10.5 Å². The van der Waals surface area contributed by atoms with Crippen LogP contribution in [0.5, 0.6) is 17.2 Å². The average Bonchev–Trinajstić information content (AvgIpc) is 2.99. The lowest BCUT2D eigenvalue weighted by Gasteiger charge is -2.11. The largest absolute Gasteiger partial charge is 0.493 e. The van der Waals surface area contributed by atoms with Crippen molar-refractivity contribution in [2.75, 3.05) is 7.11 Å². The van der Waals surface area contributed by atoms with Crippen LogP contribution in [0.4, 0.5) is 11.4 Å². The summed E-state index contributed by atoms with van der Waals surface area (Å²) in [5, 5.41) is 31.9. The van der Waals surface area contributed by atoms with Gasteiger partial charge in [-0.1, -0.05) is 6.07 Å². The van der Waals surface area contributed by atoms with Crippen LogP contribution in [-0.2, 0) is 4.79 Å². The summed E-state index contributed by atoms with van der Waals surface area (Å²) in [6.45, 7) is 0. The molecule has 12 heteroatoms. The van der Waals surface area contributed by atoms with Crippen molar-refractivity contribution >= 4 is 40.3 Å². The third-order valence-corrected chi connectivity index (χ3v) is 4.55. The number of amidine groups is 1. The fourth-order valence-corrected chi connectivity index (χ4v) is 3.12.